The van der Waals surface area contributed by atoms with Crippen LogP contribution in [0.25, 0.3) is 0 Å². The molecule has 0 spiro atoms. The van der Waals surface area contributed by atoms with Crippen molar-refractivity contribution < 1.29 is 33.0 Å². The first-order valence-corrected chi connectivity index (χ1v) is 12.6. The van der Waals surface area contributed by atoms with Gasteiger partial charge in [-0.25, -0.2) is 0 Å². The molecule has 9 heteroatoms. The average molecular weight is 519 g/mol. The Hall–Kier alpha value is -2.91. The van der Waals surface area contributed by atoms with Gasteiger partial charge in [0.15, 0.2) is 5.60 Å². The molecular formula is C28H33F3N2O4. The molecular weight excluding hydrogens is 485 g/mol. The van der Waals surface area contributed by atoms with Gasteiger partial charge < -0.3 is 20.4 Å². The second-order valence-electron chi connectivity index (χ2n) is 10.4. The van der Waals surface area contributed by atoms with Crippen LogP contribution < -0.4 is 5.32 Å². The number of nitrogens with zero attached hydrogens (tertiary/aromatic N) is 1. The van der Waals surface area contributed by atoms with E-state index in [9.17, 15) is 27.9 Å². The van der Waals surface area contributed by atoms with Gasteiger partial charge in [-0.15, -0.1) is 0 Å². The lowest BCUT2D eigenvalue weighted by atomic mass is 9.67. The van der Waals surface area contributed by atoms with Crippen molar-refractivity contribution in [1.82, 2.24) is 10.2 Å². The van der Waals surface area contributed by atoms with E-state index in [1.165, 1.54) is 12.1 Å². The number of aliphatic hydroxyl groups excluding tert-OH is 1. The largest absolute Gasteiger partial charge is 0.421 e. The van der Waals surface area contributed by atoms with Crippen LogP contribution in [0.1, 0.15) is 66.9 Å². The third-order valence-corrected chi connectivity index (χ3v) is 7.88. The number of hydrogen-bond donors (Lipinski definition) is 3. The van der Waals surface area contributed by atoms with Gasteiger partial charge in [0.05, 0.1) is 0 Å². The smallest absolute Gasteiger partial charge is 0.387 e. The SMILES string of the molecule is C[C@](O)(c1ccc(C(=O)N(C2CC2)C2CCC(CNC(=O)CO)(c3ccccc3)CC2)cc1)C(F)(F)F. The highest BCUT2D eigenvalue weighted by molar-refractivity contribution is 5.95. The molecule has 3 N–H and O–H groups in total. The quantitative estimate of drug-likeness (QED) is 0.492. The maximum absolute atomic E-state index is 13.5. The predicted molar refractivity (Wildman–Crippen MR) is 132 cm³/mol. The predicted octanol–water partition coefficient (Wildman–Crippen LogP) is 4.05. The van der Waals surface area contributed by atoms with Crippen molar-refractivity contribution in [2.75, 3.05) is 13.2 Å². The number of nitrogens with one attached hydrogen (secondary N) is 1. The Kier molecular flexibility index (Phi) is 7.67. The van der Waals surface area contributed by atoms with E-state index >= 15 is 0 Å². The first-order chi connectivity index (χ1) is 17.5. The zero-order chi connectivity index (χ0) is 26.8. The van der Waals surface area contributed by atoms with Crippen molar-refractivity contribution in [3.05, 3.63) is 71.3 Å². The van der Waals surface area contributed by atoms with Gasteiger partial charge in [-0.1, -0.05) is 42.5 Å². The molecule has 2 aromatic rings. The highest BCUT2D eigenvalue weighted by Crippen LogP contribution is 2.43. The van der Waals surface area contributed by atoms with E-state index < -0.39 is 24.3 Å². The Morgan fingerprint density at radius 3 is 2.05 bits per heavy atom. The van der Waals surface area contributed by atoms with Gasteiger partial charge in [0.25, 0.3) is 5.91 Å². The molecule has 2 fully saturated rings. The van der Waals surface area contributed by atoms with Gasteiger partial charge in [-0.3, -0.25) is 9.59 Å². The summed E-state index contributed by atoms with van der Waals surface area (Å²) in [6, 6.07) is 15.0. The number of halogens is 3. The number of alkyl halides is 3. The van der Waals surface area contributed by atoms with E-state index in [1.807, 2.05) is 35.2 Å². The maximum Gasteiger partial charge on any atom is 0.421 e. The lowest BCUT2D eigenvalue weighted by Crippen LogP contribution is -2.50. The molecule has 2 amide bonds. The summed E-state index contributed by atoms with van der Waals surface area (Å²) in [4.78, 5) is 27.2. The lowest BCUT2D eigenvalue weighted by molar-refractivity contribution is -0.258. The van der Waals surface area contributed by atoms with Crippen molar-refractivity contribution in [2.24, 2.45) is 0 Å². The second kappa shape index (κ2) is 10.5. The van der Waals surface area contributed by atoms with Crippen LogP contribution in [0.3, 0.4) is 0 Å². The molecule has 0 radical (unpaired) electrons. The molecule has 200 valence electrons. The van der Waals surface area contributed by atoms with Crippen LogP contribution in [0.4, 0.5) is 13.2 Å². The Morgan fingerprint density at radius 2 is 1.54 bits per heavy atom. The van der Waals surface area contributed by atoms with E-state index in [0.717, 1.165) is 43.4 Å². The van der Waals surface area contributed by atoms with Crippen LogP contribution in [0.2, 0.25) is 0 Å². The van der Waals surface area contributed by atoms with E-state index in [-0.39, 0.29) is 29.0 Å². The molecule has 2 aliphatic carbocycles. The van der Waals surface area contributed by atoms with Crippen LogP contribution >= 0.6 is 0 Å². The summed E-state index contributed by atoms with van der Waals surface area (Å²) < 4.78 is 39.6. The fourth-order valence-electron chi connectivity index (χ4n) is 5.35. The fourth-order valence-corrected chi connectivity index (χ4v) is 5.35. The summed E-state index contributed by atoms with van der Waals surface area (Å²) in [5.74, 6) is -0.647. The standard InChI is InChI=1S/C28H33F3N2O4/c1-26(37,28(29,30)31)20-9-7-19(8-10-20)25(36)33(22-11-12-22)23-13-15-27(16-14-23,18-32-24(35)17-34)21-5-3-2-4-6-21/h2-10,22-23,34,37H,11-18H2,1H3,(H,32,35)/t23?,26-,27?/m0/s1. The maximum atomic E-state index is 13.5. The van der Waals surface area contributed by atoms with Crippen molar-refractivity contribution in [2.45, 2.75) is 74.7 Å². The van der Waals surface area contributed by atoms with Crippen LogP contribution in [0, 0.1) is 0 Å². The van der Waals surface area contributed by atoms with E-state index in [2.05, 4.69) is 5.32 Å². The van der Waals surface area contributed by atoms with E-state index in [1.54, 1.807) is 0 Å². The first kappa shape index (κ1) is 27.1. The highest BCUT2D eigenvalue weighted by atomic mass is 19.4. The average Bonchev–Trinajstić information content (AvgIpc) is 3.73. The van der Waals surface area contributed by atoms with Crippen molar-refractivity contribution in [1.29, 1.82) is 0 Å². The monoisotopic (exact) mass is 518 g/mol. The van der Waals surface area contributed by atoms with Crippen LogP contribution in [-0.2, 0) is 15.8 Å². The molecule has 0 heterocycles. The van der Waals surface area contributed by atoms with Gasteiger partial charge >= 0.3 is 6.18 Å². The molecule has 2 saturated carbocycles. The van der Waals surface area contributed by atoms with Crippen LogP contribution in [-0.4, -0.2) is 58.3 Å². The van der Waals surface area contributed by atoms with Crippen molar-refractivity contribution >= 4 is 11.8 Å². The summed E-state index contributed by atoms with van der Waals surface area (Å²) in [5.41, 5.74) is -2.23. The Bertz CT molecular complexity index is 1090. The summed E-state index contributed by atoms with van der Waals surface area (Å²) >= 11 is 0. The van der Waals surface area contributed by atoms with Gasteiger partial charge in [0.1, 0.15) is 6.61 Å². The van der Waals surface area contributed by atoms with Gasteiger partial charge in [0.2, 0.25) is 5.91 Å². The number of amides is 2. The first-order valence-electron chi connectivity index (χ1n) is 12.6. The minimum Gasteiger partial charge on any atom is -0.387 e. The minimum atomic E-state index is -4.83. The molecule has 4 rings (SSSR count). The molecule has 2 aliphatic rings. The lowest BCUT2D eigenvalue weighted by Gasteiger charge is -2.44. The molecule has 6 nitrogen and oxygen atoms in total. The van der Waals surface area contributed by atoms with Gasteiger partial charge in [0, 0.05) is 29.6 Å². The summed E-state index contributed by atoms with van der Waals surface area (Å²) in [5, 5.41) is 21.9. The third kappa shape index (κ3) is 5.67. The molecule has 0 unspecified atom stereocenters. The topological polar surface area (TPSA) is 89.9 Å². The summed E-state index contributed by atoms with van der Waals surface area (Å²) in [6.07, 6.45) is -0.157. The van der Waals surface area contributed by atoms with E-state index in [0.29, 0.717) is 31.9 Å². The zero-order valence-corrected chi connectivity index (χ0v) is 20.8. The molecule has 0 aliphatic heterocycles. The minimum absolute atomic E-state index is 0.0247. The fraction of sp³-hybridized carbons (Fsp3) is 0.500. The third-order valence-electron chi connectivity index (χ3n) is 7.88. The number of carbonyl (C=O) groups is 2. The van der Waals surface area contributed by atoms with Gasteiger partial charge in [-0.2, -0.15) is 13.2 Å². The highest BCUT2D eigenvalue weighted by Gasteiger charge is 2.51. The zero-order valence-electron chi connectivity index (χ0n) is 20.8. The number of benzene rings is 2. The van der Waals surface area contributed by atoms with Gasteiger partial charge in [-0.05, 0) is 68.7 Å². The Labute approximate surface area is 214 Å². The Balaban J connectivity index is 1.51. The Morgan fingerprint density at radius 1 is 0.973 bits per heavy atom. The molecule has 0 bridgehead atoms. The molecule has 1 atom stereocenters. The normalized spacial score (nSPS) is 23.7. The summed E-state index contributed by atoms with van der Waals surface area (Å²) in [7, 11) is 0. The van der Waals surface area contributed by atoms with Crippen molar-refractivity contribution in [3.8, 4) is 0 Å². The number of hydrogen-bond acceptors (Lipinski definition) is 4. The second-order valence-corrected chi connectivity index (χ2v) is 10.4. The summed E-state index contributed by atoms with van der Waals surface area (Å²) in [6.45, 7) is 0.514. The number of aliphatic hydroxyl groups is 2. The van der Waals surface area contributed by atoms with Crippen molar-refractivity contribution in [3.63, 3.8) is 0 Å². The molecule has 2 aromatic carbocycles. The van der Waals surface area contributed by atoms with Crippen LogP contribution in [0.15, 0.2) is 54.6 Å². The molecule has 37 heavy (non-hydrogen) atoms. The number of rotatable bonds is 8. The molecule has 0 aromatic heterocycles. The number of carbonyl (C=O) groups excluding carboxylic acids is 2. The van der Waals surface area contributed by atoms with E-state index in [4.69, 9.17) is 5.11 Å². The molecule has 0 saturated heterocycles. The van der Waals surface area contributed by atoms with Crippen LogP contribution in [0.5, 0.6) is 0 Å².